The summed E-state index contributed by atoms with van der Waals surface area (Å²) in [7, 11) is -3.47. The Morgan fingerprint density at radius 3 is 2.42 bits per heavy atom. The van der Waals surface area contributed by atoms with Crippen molar-refractivity contribution in [2.24, 2.45) is 0 Å². The summed E-state index contributed by atoms with van der Waals surface area (Å²) in [6, 6.07) is 1.99. The van der Waals surface area contributed by atoms with E-state index in [1.807, 2.05) is 24.8 Å². The summed E-state index contributed by atoms with van der Waals surface area (Å²) in [5, 5.41) is 12.8. The van der Waals surface area contributed by atoms with E-state index < -0.39 is 9.84 Å². The van der Waals surface area contributed by atoms with Gasteiger partial charge in [-0.3, -0.25) is 0 Å². The lowest BCUT2D eigenvalue weighted by Gasteiger charge is -2.18. The van der Waals surface area contributed by atoms with E-state index in [9.17, 15) is 8.42 Å². The van der Waals surface area contributed by atoms with Gasteiger partial charge in [-0.25, -0.2) is 13.1 Å². The molecule has 7 nitrogen and oxygen atoms in total. The molecular weight excluding hydrogens is 266 g/mol. The van der Waals surface area contributed by atoms with Crippen molar-refractivity contribution in [2.75, 3.05) is 30.0 Å². The summed E-state index contributed by atoms with van der Waals surface area (Å²) in [4.78, 5) is 1.88. The van der Waals surface area contributed by atoms with Crippen LogP contribution >= 0.6 is 0 Å². The lowest BCUT2D eigenvalue weighted by molar-refractivity contribution is 0.601. The average molecular weight is 285 g/mol. The fourth-order valence-corrected chi connectivity index (χ4v) is 2.84. The standard InChI is InChI=1S/C11H19N5O2S/c1-4-15(5-2)11-9(19(3,17)18)10(13)16(14-11)8-6-7-12/h4-6,8,13H2,1-3H3. The minimum atomic E-state index is -3.47. The van der Waals surface area contributed by atoms with Gasteiger partial charge in [0.2, 0.25) is 0 Å². The SMILES string of the molecule is CCN(CC)c1nn(CCC#N)c(N)c1S(C)(=O)=O. The molecule has 19 heavy (non-hydrogen) atoms. The van der Waals surface area contributed by atoms with Gasteiger partial charge in [0.05, 0.1) is 19.0 Å². The zero-order chi connectivity index (χ0) is 14.6. The summed E-state index contributed by atoms with van der Waals surface area (Å²) in [5.41, 5.74) is 5.86. The number of rotatable bonds is 6. The highest BCUT2D eigenvalue weighted by Crippen LogP contribution is 2.30. The second-order valence-electron chi connectivity index (χ2n) is 4.11. The Hall–Kier alpha value is -1.75. The molecule has 0 saturated heterocycles. The van der Waals surface area contributed by atoms with Crippen LogP contribution in [0.25, 0.3) is 0 Å². The molecule has 0 saturated carbocycles. The summed E-state index contributed by atoms with van der Waals surface area (Å²) < 4.78 is 25.1. The molecule has 0 aliphatic rings. The van der Waals surface area contributed by atoms with Crippen molar-refractivity contribution in [1.29, 1.82) is 5.26 Å². The molecule has 0 bridgehead atoms. The molecule has 0 amide bonds. The van der Waals surface area contributed by atoms with Crippen molar-refractivity contribution in [3.8, 4) is 6.07 Å². The van der Waals surface area contributed by atoms with E-state index in [0.717, 1.165) is 6.26 Å². The first kappa shape index (κ1) is 15.3. The first-order valence-electron chi connectivity index (χ1n) is 6.05. The second-order valence-corrected chi connectivity index (χ2v) is 6.07. The van der Waals surface area contributed by atoms with E-state index in [0.29, 0.717) is 18.9 Å². The fourth-order valence-electron chi connectivity index (χ4n) is 1.86. The van der Waals surface area contributed by atoms with Gasteiger partial charge in [-0.15, -0.1) is 0 Å². The second kappa shape index (κ2) is 5.93. The van der Waals surface area contributed by atoms with Crippen LogP contribution in [0.2, 0.25) is 0 Å². The number of aromatic nitrogens is 2. The lowest BCUT2D eigenvalue weighted by Crippen LogP contribution is -2.24. The van der Waals surface area contributed by atoms with Gasteiger partial charge in [0, 0.05) is 19.3 Å². The van der Waals surface area contributed by atoms with E-state index in [4.69, 9.17) is 11.0 Å². The molecule has 0 radical (unpaired) electrons. The maximum atomic E-state index is 11.9. The summed E-state index contributed by atoms with van der Waals surface area (Å²) in [6.45, 7) is 5.38. The Morgan fingerprint density at radius 1 is 1.42 bits per heavy atom. The summed E-state index contributed by atoms with van der Waals surface area (Å²) in [5.74, 6) is 0.461. The number of nitrogens with zero attached hydrogens (tertiary/aromatic N) is 4. The zero-order valence-electron chi connectivity index (χ0n) is 11.4. The lowest BCUT2D eigenvalue weighted by atomic mass is 10.4. The topological polar surface area (TPSA) is 105 Å². The van der Waals surface area contributed by atoms with E-state index in [1.54, 1.807) is 0 Å². The van der Waals surface area contributed by atoms with E-state index in [1.165, 1.54) is 4.68 Å². The Labute approximate surface area is 113 Å². The van der Waals surface area contributed by atoms with Gasteiger partial charge < -0.3 is 10.6 Å². The smallest absolute Gasteiger partial charge is 0.182 e. The van der Waals surface area contributed by atoms with Crippen molar-refractivity contribution in [2.45, 2.75) is 31.7 Å². The highest BCUT2D eigenvalue weighted by molar-refractivity contribution is 7.91. The number of anilines is 2. The molecule has 1 aromatic rings. The molecular formula is C11H19N5O2S. The van der Waals surface area contributed by atoms with Crippen molar-refractivity contribution in [3.05, 3.63) is 0 Å². The number of sulfone groups is 1. The Balaban J connectivity index is 3.41. The molecule has 0 aliphatic heterocycles. The number of nitriles is 1. The molecule has 2 N–H and O–H groups in total. The van der Waals surface area contributed by atoms with Gasteiger partial charge in [0.25, 0.3) is 0 Å². The molecule has 0 unspecified atom stereocenters. The predicted molar refractivity (Wildman–Crippen MR) is 73.5 cm³/mol. The molecule has 1 heterocycles. The Bertz CT molecular complexity index is 581. The maximum absolute atomic E-state index is 11.9. The van der Waals surface area contributed by atoms with Crippen LogP contribution in [0.4, 0.5) is 11.6 Å². The highest BCUT2D eigenvalue weighted by atomic mass is 32.2. The third-order valence-corrected chi connectivity index (χ3v) is 3.93. The van der Waals surface area contributed by atoms with E-state index >= 15 is 0 Å². The molecule has 0 atom stereocenters. The quantitative estimate of drug-likeness (QED) is 0.821. The third kappa shape index (κ3) is 3.17. The number of nitrogens with two attached hydrogens (primary N) is 1. The van der Waals surface area contributed by atoms with Gasteiger partial charge in [-0.1, -0.05) is 0 Å². The number of hydrogen-bond acceptors (Lipinski definition) is 6. The maximum Gasteiger partial charge on any atom is 0.182 e. The van der Waals surface area contributed by atoms with Crippen LogP contribution < -0.4 is 10.6 Å². The third-order valence-electron chi connectivity index (χ3n) is 2.80. The summed E-state index contributed by atoms with van der Waals surface area (Å²) in [6.07, 6.45) is 1.34. The monoisotopic (exact) mass is 285 g/mol. The first-order valence-corrected chi connectivity index (χ1v) is 7.94. The molecule has 0 aromatic carbocycles. The molecule has 8 heteroatoms. The number of nitrogen functional groups attached to an aromatic ring is 1. The van der Waals surface area contributed by atoms with Gasteiger partial charge in [-0.05, 0) is 13.8 Å². The number of aryl methyl sites for hydroxylation is 1. The largest absolute Gasteiger partial charge is 0.383 e. The molecule has 0 fully saturated rings. The molecule has 1 rings (SSSR count). The van der Waals surface area contributed by atoms with Crippen LogP contribution in [0.3, 0.4) is 0 Å². The van der Waals surface area contributed by atoms with Crippen molar-refractivity contribution >= 4 is 21.5 Å². The van der Waals surface area contributed by atoms with Crippen LogP contribution in [-0.2, 0) is 16.4 Å². The van der Waals surface area contributed by atoms with Gasteiger partial charge in [0.15, 0.2) is 20.6 Å². The molecule has 0 spiro atoms. The van der Waals surface area contributed by atoms with Crippen LogP contribution in [0.5, 0.6) is 0 Å². The van der Waals surface area contributed by atoms with Crippen LogP contribution in [0, 0.1) is 11.3 Å². The fraction of sp³-hybridized carbons (Fsp3) is 0.636. The van der Waals surface area contributed by atoms with Gasteiger partial charge in [0.1, 0.15) is 5.82 Å². The van der Waals surface area contributed by atoms with Gasteiger partial charge >= 0.3 is 0 Å². The first-order chi connectivity index (χ1) is 8.86. The minimum absolute atomic E-state index is 0.0501. The zero-order valence-corrected chi connectivity index (χ0v) is 12.2. The van der Waals surface area contributed by atoms with Crippen LogP contribution in [0.15, 0.2) is 4.90 Å². The molecule has 0 aliphatic carbocycles. The van der Waals surface area contributed by atoms with Crippen LogP contribution in [-0.4, -0.2) is 37.5 Å². The highest BCUT2D eigenvalue weighted by Gasteiger charge is 2.26. The number of hydrogen-bond donors (Lipinski definition) is 1. The van der Waals surface area contributed by atoms with Crippen molar-refractivity contribution < 1.29 is 8.42 Å². The Kier molecular flexibility index (Phi) is 4.78. The minimum Gasteiger partial charge on any atom is -0.383 e. The predicted octanol–water partition coefficient (Wildman–Crippen LogP) is 0.629. The van der Waals surface area contributed by atoms with Crippen LogP contribution in [0.1, 0.15) is 20.3 Å². The van der Waals surface area contributed by atoms with E-state index in [2.05, 4.69) is 5.10 Å². The average Bonchev–Trinajstić information content (AvgIpc) is 2.65. The van der Waals surface area contributed by atoms with Crippen molar-refractivity contribution in [1.82, 2.24) is 9.78 Å². The molecule has 106 valence electrons. The normalized spacial score (nSPS) is 11.3. The van der Waals surface area contributed by atoms with E-state index in [-0.39, 0.29) is 23.7 Å². The van der Waals surface area contributed by atoms with Crippen molar-refractivity contribution in [3.63, 3.8) is 0 Å². The van der Waals surface area contributed by atoms with Gasteiger partial charge in [-0.2, -0.15) is 10.4 Å². The molecule has 1 aromatic heterocycles. The Morgan fingerprint density at radius 2 is 2.00 bits per heavy atom. The summed E-state index contributed by atoms with van der Waals surface area (Å²) >= 11 is 0.